The molecule has 7 nitrogen and oxygen atoms in total. The van der Waals surface area contributed by atoms with Crippen molar-refractivity contribution in [3.63, 3.8) is 0 Å². The summed E-state index contributed by atoms with van der Waals surface area (Å²) in [6, 6.07) is 1.64. The monoisotopic (exact) mass is 274 g/mol. The molecule has 0 aromatic carbocycles. The first-order valence-electron chi connectivity index (χ1n) is 5.84. The van der Waals surface area contributed by atoms with Crippen molar-refractivity contribution in [1.29, 1.82) is 5.26 Å². The number of rotatable bonds is 5. The Hall–Kier alpha value is -1.17. The molecule has 1 fully saturated rings. The van der Waals surface area contributed by atoms with Gasteiger partial charge in [-0.15, -0.1) is 0 Å². The Kier molecular flexibility index (Phi) is 5.53. The van der Waals surface area contributed by atoms with E-state index in [9.17, 15) is 13.2 Å². The lowest BCUT2D eigenvalue weighted by molar-refractivity contribution is -0.126. The molecule has 0 spiro atoms. The molecule has 0 aromatic heterocycles. The fraction of sp³-hybridized carbons (Fsp3) is 0.800. The zero-order chi connectivity index (χ0) is 13.6. The van der Waals surface area contributed by atoms with E-state index in [1.54, 1.807) is 6.07 Å². The highest BCUT2D eigenvalue weighted by Crippen LogP contribution is 2.19. The summed E-state index contributed by atoms with van der Waals surface area (Å²) in [5.41, 5.74) is 5.29. The third-order valence-electron chi connectivity index (χ3n) is 2.84. The van der Waals surface area contributed by atoms with Crippen molar-refractivity contribution >= 4 is 15.9 Å². The Balaban J connectivity index is 2.61. The maximum atomic E-state index is 11.7. The van der Waals surface area contributed by atoms with Crippen LogP contribution in [0.25, 0.3) is 0 Å². The minimum atomic E-state index is -3.55. The SMILES string of the molecule is N#CCS(=O)(=O)N1CCCC(C(=O)NCCN)C1. The molecule has 0 aromatic rings. The van der Waals surface area contributed by atoms with E-state index in [1.165, 1.54) is 4.31 Å². The van der Waals surface area contributed by atoms with Gasteiger partial charge >= 0.3 is 0 Å². The first-order chi connectivity index (χ1) is 8.51. The van der Waals surface area contributed by atoms with E-state index in [4.69, 9.17) is 11.0 Å². The molecule has 1 saturated heterocycles. The quantitative estimate of drug-likeness (QED) is 0.641. The van der Waals surface area contributed by atoms with Crippen molar-refractivity contribution in [1.82, 2.24) is 9.62 Å². The standard InChI is InChI=1S/C10H18N4O3S/c11-3-5-13-10(15)9-2-1-6-14(8-9)18(16,17)7-4-12/h9H,1-3,5-8,11H2,(H,13,15). The van der Waals surface area contributed by atoms with Crippen LogP contribution < -0.4 is 11.1 Å². The van der Waals surface area contributed by atoms with Crippen molar-refractivity contribution in [3.05, 3.63) is 0 Å². The van der Waals surface area contributed by atoms with Gasteiger partial charge in [-0.25, -0.2) is 12.7 Å². The van der Waals surface area contributed by atoms with Crippen LogP contribution in [-0.2, 0) is 14.8 Å². The number of nitrogens with zero attached hydrogens (tertiary/aromatic N) is 2. The molecule has 1 rings (SSSR count). The van der Waals surface area contributed by atoms with Gasteiger partial charge in [0, 0.05) is 26.2 Å². The molecular formula is C10H18N4O3S. The van der Waals surface area contributed by atoms with E-state index in [0.717, 1.165) is 0 Å². The molecule has 102 valence electrons. The molecule has 0 radical (unpaired) electrons. The number of carbonyl (C=O) groups excluding carboxylic acids is 1. The van der Waals surface area contributed by atoms with Gasteiger partial charge < -0.3 is 11.1 Å². The average molecular weight is 274 g/mol. The van der Waals surface area contributed by atoms with Gasteiger partial charge in [-0.3, -0.25) is 4.79 Å². The number of sulfonamides is 1. The second kappa shape index (κ2) is 6.68. The lowest BCUT2D eigenvalue weighted by Crippen LogP contribution is -2.46. The van der Waals surface area contributed by atoms with Gasteiger partial charge in [0.25, 0.3) is 0 Å². The zero-order valence-electron chi connectivity index (χ0n) is 10.1. The second-order valence-corrected chi connectivity index (χ2v) is 6.16. The molecule has 0 saturated carbocycles. The Labute approximate surface area is 107 Å². The lowest BCUT2D eigenvalue weighted by Gasteiger charge is -2.30. The predicted octanol–water partition coefficient (Wildman–Crippen LogP) is -1.37. The van der Waals surface area contributed by atoms with Crippen LogP contribution in [0, 0.1) is 17.2 Å². The van der Waals surface area contributed by atoms with E-state index in [2.05, 4.69) is 5.32 Å². The topological polar surface area (TPSA) is 116 Å². The molecule has 1 heterocycles. The summed E-state index contributed by atoms with van der Waals surface area (Å²) >= 11 is 0. The van der Waals surface area contributed by atoms with Crippen LogP contribution in [0.5, 0.6) is 0 Å². The Morgan fingerprint density at radius 2 is 2.28 bits per heavy atom. The Morgan fingerprint density at radius 3 is 2.89 bits per heavy atom. The Morgan fingerprint density at radius 1 is 1.56 bits per heavy atom. The molecule has 0 aliphatic carbocycles. The average Bonchev–Trinajstić information content (AvgIpc) is 2.36. The van der Waals surface area contributed by atoms with Crippen LogP contribution >= 0.6 is 0 Å². The van der Waals surface area contributed by atoms with Crippen molar-refractivity contribution < 1.29 is 13.2 Å². The van der Waals surface area contributed by atoms with E-state index in [1.807, 2.05) is 0 Å². The van der Waals surface area contributed by atoms with Gasteiger partial charge in [0.2, 0.25) is 15.9 Å². The van der Waals surface area contributed by atoms with E-state index >= 15 is 0 Å². The number of carbonyl (C=O) groups is 1. The lowest BCUT2D eigenvalue weighted by atomic mass is 9.99. The summed E-state index contributed by atoms with van der Waals surface area (Å²) < 4.78 is 24.7. The van der Waals surface area contributed by atoms with Gasteiger partial charge in [-0.1, -0.05) is 0 Å². The van der Waals surface area contributed by atoms with Gasteiger partial charge in [-0.05, 0) is 12.8 Å². The number of amides is 1. The maximum absolute atomic E-state index is 11.7. The van der Waals surface area contributed by atoms with Crippen molar-refractivity contribution in [2.24, 2.45) is 11.7 Å². The summed E-state index contributed by atoms with van der Waals surface area (Å²) in [7, 11) is -3.55. The molecule has 18 heavy (non-hydrogen) atoms. The predicted molar refractivity (Wildman–Crippen MR) is 65.8 cm³/mol. The third-order valence-corrected chi connectivity index (χ3v) is 4.45. The number of nitriles is 1. The number of nitrogens with one attached hydrogen (secondary N) is 1. The van der Waals surface area contributed by atoms with Crippen molar-refractivity contribution in [2.75, 3.05) is 31.9 Å². The molecule has 1 aliphatic heterocycles. The van der Waals surface area contributed by atoms with Gasteiger partial charge in [0.05, 0.1) is 12.0 Å². The van der Waals surface area contributed by atoms with Gasteiger partial charge in [-0.2, -0.15) is 5.26 Å². The summed E-state index contributed by atoms with van der Waals surface area (Å²) in [6.07, 6.45) is 1.29. The van der Waals surface area contributed by atoms with Crippen molar-refractivity contribution in [3.8, 4) is 6.07 Å². The molecular weight excluding hydrogens is 256 g/mol. The highest BCUT2D eigenvalue weighted by atomic mass is 32.2. The second-order valence-electron chi connectivity index (χ2n) is 4.19. The molecule has 1 amide bonds. The molecule has 8 heteroatoms. The minimum absolute atomic E-state index is 0.153. The maximum Gasteiger partial charge on any atom is 0.227 e. The molecule has 0 bridgehead atoms. The smallest absolute Gasteiger partial charge is 0.227 e. The van der Waals surface area contributed by atoms with Crippen LogP contribution in [0.15, 0.2) is 0 Å². The number of piperidine rings is 1. The number of nitrogens with two attached hydrogens (primary N) is 1. The van der Waals surface area contributed by atoms with Gasteiger partial charge in [0.1, 0.15) is 0 Å². The summed E-state index contributed by atoms with van der Waals surface area (Å²) in [5.74, 6) is -1.06. The summed E-state index contributed by atoms with van der Waals surface area (Å²) in [4.78, 5) is 11.7. The first-order valence-corrected chi connectivity index (χ1v) is 7.44. The van der Waals surface area contributed by atoms with Crippen LogP contribution in [0.3, 0.4) is 0 Å². The Bertz CT molecular complexity index is 429. The molecule has 1 atom stereocenters. The van der Waals surface area contributed by atoms with E-state index in [-0.39, 0.29) is 18.4 Å². The fourth-order valence-electron chi connectivity index (χ4n) is 1.92. The van der Waals surface area contributed by atoms with Crippen LogP contribution in [-0.4, -0.2) is 50.6 Å². The van der Waals surface area contributed by atoms with Crippen LogP contribution in [0.1, 0.15) is 12.8 Å². The molecule has 1 unspecified atom stereocenters. The van der Waals surface area contributed by atoms with Gasteiger partial charge in [0.15, 0.2) is 5.75 Å². The third kappa shape index (κ3) is 3.94. The van der Waals surface area contributed by atoms with Crippen LogP contribution in [0.4, 0.5) is 0 Å². The fourth-order valence-corrected chi connectivity index (χ4v) is 3.08. The molecule has 1 aliphatic rings. The first kappa shape index (κ1) is 14.9. The summed E-state index contributed by atoms with van der Waals surface area (Å²) in [6.45, 7) is 1.28. The molecule has 3 N–H and O–H groups in total. The zero-order valence-corrected chi connectivity index (χ0v) is 10.9. The van der Waals surface area contributed by atoms with E-state index < -0.39 is 15.8 Å². The minimum Gasteiger partial charge on any atom is -0.355 e. The van der Waals surface area contributed by atoms with Crippen LogP contribution in [0.2, 0.25) is 0 Å². The highest BCUT2D eigenvalue weighted by Gasteiger charge is 2.31. The largest absolute Gasteiger partial charge is 0.355 e. The van der Waals surface area contributed by atoms with E-state index in [0.29, 0.717) is 32.5 Å². The number of hydrogen-bond donors (Lipinski definition) is 2. The summed E-state index contributed by atoms with van der Waals surface area (Å²) in [5, 5.41) is 11.1. The number of hydrogen-bond acceptors (Lipinski definition) is 5. The van der Waals surface area contributed by atoms with Crippen molar-refractivity contribution in [2.45, 2.75) is 12.8 Å². The highest BCUT2D eigenvalue weighted by molar-refractivity contribution is 7.89. The normalized spacial score (nSPS) is 21.2.